The second-order valence-corrected chi connectivity index (χ2v) is 16.3. The first-order valence-electron chi connectivity index (χ1n) is 21.9. The van der Waals surface area contributed by atoms with Crippen molar-refractivity contribution in [1.82, 2.24) is 4.98 Å². The van der Waals surface area contributed by atoms with Crippen molar-refractivity contribution in [3.63, 3.8) is 0 Å². The number of hydrogen-bond donors (Lipinski definition) is 1. The van der Waals surface area contributed by atoms with Gasteiger partial charge in [-0.2, -0.15) is 0 Å². The van der Waals surface area contributed by atoms with Gasteiger partial charge in [0.05, 0.1) is 18.0 Å². The zero-order valence-electron chi connectivity index (χ0n) is 36.5. The summed E-state index contributed by atoms with van der Waals surface area (Å²) in [7, 11) is 0. The Balaban J connectivity index is 1.16. The molecule has 1 aromatic heterocycles. The Hall–Kier alpha value is -7.85. The van der Waals surface area contributed by atoms with E-state index in [0.717, 1.165) is 78.2 Å². The van der Waals surface area contributed by atoms with Crippen LogP contribution in [0.3, 0.4) is 0 Å². The molecule has 8 aromatic carbocycles. The van der Waals surface area contributed by atoms with Crippen LogP contribution in [0.5, 0.6) is 0 Å². The third-order valence-electron chi connectivity index (χ3n) is 11.7. The predicted octanol–water partition coefficient (Wildman–Crippen LogP) is 15.4. The van der Waals surface area contributed by atoms with E-state index in [-0.39, 0.29) is 6.61 Å². The maximum Gasteiger partial charge on any atom is 0.0711 e. The molecule has 0 aliphatic heterocycles. The highest BCUT2D eigenvalue weighted by Crippen LogP contribution is 2.41. The van der Waals surface area contributed by atoms with Crippen molar-refractivity contribution in [2.45, 2.75) is 27.4 Å². The molecule has 9 rings (SSSR count). The van der Waals surface area contributed by atoms with Crippen molar-refractivity contribution < 1.29 is 5.11 Å². The van der Waals surface area contributed by atoms with Crippen LogP contribution in [-0.4, -0.2) is 10.1 Å². The maximum absolute atomic E-state index is 9.97. The maximum atomic E-state index is 9.97. The van der Waals surface area contributed by atoms with E-state index in [1.807, 2.05) is 25.1 Å². The van der Waals surface area contributed by atoms with Gasteiger partial charge in [0.1, 0.15) is 0 Å². The number of aromatic nitrogens is 1. The molecular formula is C61H50N2O. The fourth-order valence-corrected chi connectivity index (χ4v) is 8.36. The SMILES string of the molecule is Cc1ccc(C(=Cc2ccc(N(c3ccc(CO)cc3)c3ccc(C=CC(=C(c4ccccc4)c4ccccc4)c4cccc(C)n4)c4ccccc34)cc2)c2ccc(C)cc2)cc1. The third-order valence-corrected chi connectivity index (χ3v) is 11.7. The van der Waals surface area contributed by atoms with Gasteiger partial charge in [-0.25, -0.2) is 0 Å². The molecular weight excluding hydrogens is 777 g/mol. The summed E-state index contributed by atoms with van der Waals surface area (Å²) in [5.41, 5.74) is 18.5. The number of benzene rings is 8. The first-order chi connectivity index (χ1) is 31.4. The van der Waals surface area contributed by atoms with Crippen molar-refractivity contribution in [3.05, 3.63) is 280 Å². The van der Waals surface area contributed by atoms with Gasteiger partial charge in [-0.1, -0.05) is 193 Å². The van der Waals surface area contributed by atoms with Gasteiger partial charge >= 0.3 is 0 Å². The summed E-state index contributed by atoms with van der Waals surface area (Å²) in [5.74, 6) is 0. The zero-order chi connectivity index (χ0) is 43.8. The summed E-state index contributed by atoms with van der Waals surface area (Å²) < 4.78 is 0. The van der Waals surface area contributed by atoms with E-state index in [9.17, 15) is 5.11 Å². The standard InChI is InChI=1S/C61H50N2O/c1-43-21-29-49(30-22-43)58(50-31-23-44(2)24-32-50)41-46-25-35-53(36-26-46)63(54-37-27-47(42-64)28-38-54)60-40-34-48(55-18-10-11-19-56(55)60)33-39-57(59-20-12-13-45(3)62-59)61(51-14-6-4-7-15-51)52-16-8-5-9-17-52/h4-41,64H,42H2,1-3H3. The summed E-state index contributed by atoms with van der Waals surface area (Å²) in [6.45, 7) is 6.28. The van der Waals surface area contributed by atoms with Crippen LogP contribution in [-0.2, 0) is 6.61 Å². The number of pyridine rings is 1. The van der Waals surface area contributed by atoms with Crippen molar-refractivity contribution >= 4 is 56.7 Å². The fraction of sp³-hybridized carbons (Fsp3) is 0.0656. The smallest absolute Gasteiger partial charge is 0.0711 e. The van der Waals surface area contributed by atoms with E-state index in [2.05, 4.69) is 231 Å². The predicted molar refractivity (Wildman–Crippen MR) is 271 cm³/mol. The van der Waals surface area contributed by atoms with Gasteiger partial charge in [0, 0.05) is 28.0 Å². The molecule has 1 heterocycles. The number of aliphatic hydroxyl groups excluding tert-OH is 1. The highest BCUT2D eigenvalue weighted by atomic mass is 16.3. The van der Waals surface area contributed by atoms with Crippen LogP contribution in [0.25, 0.3) is 39.6 Å². The van der Waals surface area contributed by atoms with E-state index < -0.39 is 0 Å². The molecule has 1 N–H and O–H groups in total. The lowest BCUT2D eigenvalue weighted by Gasteiger charge is -2.27. The molecule has 0 saturated heterocycles. The quantitative estimate of drug-likeness (QED) is 0.0985. The van der Waals surface area contributed by atoms with Gasteiger partial charge < -0.3 is 10.0 Å². The first-order valence-corrected chi connectivity index (χ1v) is 21.9. The minimum absolute atomic E-state index is 0.0136. The largest absolute Gasteiger partial charge is 0.392 e. The Bertz CT molecular complexity index is 3020. The Morgan fingerprint density at radius 1 is 0.500 bits per heavy atom. The molecule has 3 nitrogen and oxygen atoms in total. The molecule has 3 heteroatoms. The number of hydrogen-bond acceptors (Lipinski definition) is 3. The van der Waals surface area contributed by atoms with Crippen LogP contribution in [0.4, 0.5) is 17.1 Å². The average molecular weight is 827 g/mol. The molecule has 0 fully saturated rings. The average Bonchev–Trinajstić information content (AvgIpc) is 3.34. The number of rotatable bonds is 12. The van der Waals surface area contributed by atoms with Crippen molar-refractivity contribution in [1.29, 1.82) is 0 Å². The third kappa shape index (κ3) is 9.17. The number of allylic oxidation sites excluding steroid dienone is 2. The topological polar surface area (TPSA) is 36.4 Å². The summed E-state index contributed by atoms with van der Waals surface area (Å²) in [4.78, 5) is 7.38. The number of anilines is 3. The molecule has 0 amide bonds. The van der Waals surface area contributed by atoms with Crippen LogP contribution in [0.1, 0.15) is 61.5 Å². The van der Waals surface area contributed by atoms with Gasteiger partial charge in [-0.05, 0) is 125 Å². The zero-order valence-corrected chi connectivity index (χ0v) is 36.5. The van der Waals surface area contributed by atoms with E-state index >= 15 is 0 Å². The van der Waals surface area contributed by atoms with Gasteiger partial charge in [-0.3, -0.25) is 4.98 Å². The summed E-state index contributed by atoms with van der Waals surface area (Å²) in [6, 6.07) is 75.1. The Labute approximate surface area is 377 Å². The van der Waals surface area contributed by atoms with Crippen molar-refractivity contribution in [2.24, 2.45) is 0 Å². The summed E-state index contributed by atoms with van der Waals surface area (Å²) >= 11 is 0. The molecule has 0 aliphatic carbocycles. The molecule has 310 valence electrons. The lowest BCUT2D eigenvalue weighted by Crippen LogP contribution is -2.10. The van der Waals surface area contributed by atoms with Crippen LogP contribution in [0, 0.1) is 20.8 Å². The number of aryl methyl sites for hydroxylation is 3. The van der Waals surface area contributed by atoms with Crippen molar-refractivity contribution in [2.75, 3.05) is 4.90 Å². The van der Waals surface area contributed by atoms with E-state index in [1.165, 1.54) is 27.8 Å². The van der Waals surface area contributed by atoms with E-state index in [0.29, 0.717) is 0 Å². The normalized spacial score (nSPS) is 11.1. The molecule has 0 bridgehead atoms. The Morgan fingerprint density at radius 2 is 1.05 bits per heavy atom. The first kappa shape index (κ1) is 41.5. The van der Waals surface area contributed by atoms with Crippen LogP contribution >= 0.6 is 0 Å². The molecule has 0 atom stereocenters. The van der Waals surface area contributed by atoms with Crippen LogP contribution < -0.4 is 4.90 Å². The van der Waals surface area contributed by atoms with Crippen LogP contribution in [0.2, 0.25) is 0 Å². The Morgan fingerprint density at radius 3 is 1.61 bits per heavy atom. The van der Waals surface area contributed by atoms with E-state index in [4.69, 9.17) is 4.98 Å². The minimum atomic E-state index is -0.0136. The van der Waals surface area contributed by atoms with Crippen LogP contribution in [0.15, 0.2) is 218 Å². The monoisotopic (exact) mass is 826 g/mol. The molecule has 0 aliphatic rings. The molecule has 9 aromatic rings. The molecule has 0 saturated carbocycles. The summed E-state index contributed by atoms with van der Waals surface area (Å²) in [6.07, 6.45) is 6.75. The number of aliphatic hydroxyl groups is 1. The molecule has 0 radical (unpaired) electrons. The Kier molecular flexibility index (Phi) is 12.3. The molecule has 0 spiro atoms. The minimum Gasteiger partial charge on any atom is -0.392 e. The highest BCUT2D eigenvalue weighted by Gasteiger charge is 2.18. The van der Waals surface area contributed by atoms with E-state index in [1.54, 1.807) is 0 Å². The lowest BCUT2D eigenvalue weighted by molar-refractivity contribution is 0.282. The van der Waals surface area contributed by atoms with Gasteiger partial charge in [0.2, 0.25) is 0 Å². The molecule has 0 unspecified atom stereocenters. The number of nitrogens with zero attached hydrogens (tertiary/aromatic N) is 2. The van der Waals surface area contributed by atoms with Gasteiger partial charge in [0.25, 0.3) is 0 Å². The van der Waals surface area contributed by atoms with Gasteiger partial charge in [-0.15, -0.1) is 0 Å². The van der Waals surface area contributed by atoms with Gasteiger partial charge in [0.15, 0.2) is 0 Å². The second kappa shape index (κ2) is 19.0. The molecule has 64 heavy (non-hydrogen) atoms. The van der Waals surface area contributed by atoms with Crippen molar-refractivity contribution in [3.8, 4) is 0 Å². The highest BCUT2D eigenvalue weighted by molar-refractivity contribution is 6.06. The lowest BCUT2D eigenvalue weighted by atomic mass is 9.90. The number of fused-ring (bicyclic) bond motifs is 1. The fourth-order valence-electron chi connectivity index (χ4n) is 8.36. The summed E-state index contributed by atoms with van der Waals surface area (Å²) in [5, 5.41) is 12.2. The second-order valence-electron chi connectivity index (χ2n) is 16.3.